The van der Waals surface area contributed by atoms with Crippen molar-refractivity contribution in [2.24, 2.45) is 11.8 Å². The number of nitrogens with zero attached hydrogens (tertiary/aromatic N) is 1. The molecule has 3 amide bonds. The fourth-order valence-electron chi connectivity index (χ4n) is 4.77. The summed E-state index contributed by atoms with van der Waals surface area (Å²) >= 11 is 0. The number of hydrogen-bond acceptors (Lipinski definition) is 6. The van der Waals surface area contributed by atoms with Crippen LogP contribution in [0.1, 0.15) is 44.9 Å². The van der Waals surface area contributed by atoms with Crippen molar-refractivity contribution in [1.82, 2.24) is 15.2 Å². The Morgan fingerprint density at radius 3 is 2.68 bits per heavy atom. The van der Waals surface area contributed by atoms with Crippen LogP contribution in [0.15, 0.2) is 34.8 Å². The van der Waals surface area contributed by atoms with Gasteiger partial charge < -0.3 is 25.3 Å². The molecular formula is C24H30N4O6. The highest BCUT2D eigenvalue weighted by molar-refractivity contribution is 5.92. The molecule has 3 fully saturated rings. The minimum Gasteiger partial charge on any atom is -0.462 e. The molecule has 2 atom stereocenters. The Bertz CT molecular complexity index is 1060. The molecule has 34 heavy (non-hydrogen) atoms. The summed E-state index contributed by atoms with van der Waals surface area (Å²) in [7, 11) is 0. The summed E-state index contributed by atoms with van der Waals surface area (Å²) in [5.74, 6) is -1.45. The van der Waals surface area contributed by atoms with Crippen LogP contribution in [0.2, 0.25) is 0 Å². The van der Waals surface area contributed by atoms with E-state index in [2.05, 4.69) is 16.0 Å². The predicted octanol–water partition coefficient (Wildman–Crippen LogP) is 0.861. The smallest absolute Gasteiger partial charge is 0.333 e. The average Bonchev–Trinajstić information content (AvgIpc) is 3.55. The lowest BCUT2D eigenvalue weighted by molar-refractivity contribution is -0.135. The molecule has 0 bridgehead atoms. The normalized spacial score (nSPS) is 22.5. The Labute approximate surface area is 197 Å². The lowest BCUT2D eigenvalue weighted by Gasteiger charge is -2.19. The van der Waals surface area contributed by atoms with Crippen molar-refractivity contribution in [2.75, 3.05) is 18.5 Å². The first kappa shape index (κ1) is 23.7. The van der Waals surface area contributed by atoms with Crippen molar-refractivity contribution in [1.29, 1.82) is 0 Å². The van der Waals surface area contributed by atoms with Crippen LogP contribution in [0.3, 0.4) is 0 Å². The van der Waals surface area contributed by atoms with E-state index in [0.29, 0.717) is 38.0 Å². The molecule has 182 valence electrons. The Kier molecular flexibility index (Phi) is 7.44. The minimum absolute atomic E-state index is 0.0754. The van der Waals surface area contributed by atoms with Gasteiger partial charge in [-0.15, -0.1) is 0 Å². The van der Waals surface area contributed by atoms with E-state index in [-0.39, 0.29) is 35.9 Å². The lowest BCUT2D eigenvalue weighted by atomic mass is 9.96. The zero-order valence-electron chi connectivity index (χ0n) is 19.0. The Hall–Kier alpha value is -3.43. The molecule has 1 aromatic heterocycles. The van der Waals surface area contributed by atoms with Crippen LogP contribution in [0, 0.1) is 11.8 Å². The molecule has 2 saturated heterocycles. The van der Waals surface area contributed by atoms with Gasteiger partial charge in [0.25, 0.3) is 5.56 Å². The Morgan fingerprint density at radius 1 is 1.21 bits per heavy atom. The number of carbonyl (C=O) groups is 4. The molecule has 3 aliphatic rings. The first-order valence-corrected chi connectivity index (χ1v) is 11.9. The van der Waals surface area contributed by atoms with Crippen molar-refractivity contribution < 1.29 is 23.9 Å². The SMILES string of the molecule is O=C(Cn1cccc(NC(=O)C2CCCC2)c1=O)NC(/C=C1\CCOC1=O)CC1CCNC1=O. The van der Waals surface area contributed by atoms with E-state index in [1.165, 1.54) is 16.8 Å². The molecular weight excluding hydrogens is 440 g/mol. The third-order valence-electron chi connectivity index (χ3n) is 6.63. The number of anilines is 1. The van der Waals surface area contributed by atoms with Crippen LogP contribution in [0.25, 0.3) is 0 Å². The third kappa shape index (κ3) is 5.73. The second-order valence-electron chi connectivity index (χ2n) is 9.09. The number of carbonyl (C=O) groups excluding carboxylic acids is 4. The molecule has 10 heteroatoms. The number of amides is 3. The van der Waals surface area contributed by atoms with Crippen molar-refractivity contribution in [2.45, 2.75) is 57.5 Å². The van der Waals surface area contributed by atoms with Crippen molar-refractivity contribution in [3.05, 3.63) is 40.3 Å². The summed E-state index contributed by atoms with van der Waals surface area (Å²) in [5.41, 5.74) is 0.146. The first-order valence-electron chi connectivity index (χ1n) is 11.9. The van der Waals surface area contributed by atoms with Gasteiger partial charge in [0.2, 0.25) is 17.7 Å². The maximum absolute atomic E-state index is 12.8. The minimum atomic E-state index is -0.553. The molecule has 1 aromatic rings. The summed E-state index contributed by atoms with van der Waals surface area (Å²) in [6.45, 7) is 0.620. The number of ether oxygens (including phenoxy) is 1. The summed E-state index contributed by atoms with van der Waals surface area (Å²) < 4.78 is 6.21. The van der Waals surface area contributed by atoms with Crippen molar-refractivity contribution in [3.8, 4) is 0 Å². The Morgan fingerprint density at radius 2 is 2.00 bits per heavy atom. The number of pyridine rings is 1. The van der Waals surface area contributed by atoms with Crippen LogP contribution < -0.4 is 21.5 Å². The largest absolute Gasteiger partial charge is 0.462 e. The second kappa shape index (κ2) is 10.7. The van der Waals surface area contributed by atoms with E-state index < -0.39 is 23.5 Å². The molecule has 2 aliphatic heterocycles. The molecule has 0 aromatic carbocycles. The van der Waals surface area contributed by atoms with Gasteiger partial charge in [-0.2, -0.15) is 0 Å². The van der Waals surface area contributed by atoms with E-state index in [1.54, 1.807) is 12.1 Å². The molecule has 0 spiro atoms. The van der Waals surface area contributed by atoms with E-state index in [1.807, 2.05) is 0 Å². The van der Waals surface area contributed by atoms with Crippen molar-refractivity contribution >= 4 is 29.4 Å². The zero-order valence-corrected chi connectivity index (χ0v) is 19.0. The molecule has 3 N–H and O–H groups in total. The van der Waals surface area contributed by atoms with Crippen LogP contribution in [-0.4, -0.2) is 47.5 Å². The van der Waals surface area contributed by atoms with E-state index >= 15 is 0 Å². The number of rotatable bonds is 8. The van der Waals surface area contributed by atoms with Crippen LogP contribution in [-0.2, 0) is 30.5 Å². The fraction of sp³-hybridized carbons (Fsp3) is 0.542. The summed E-state index contributed by atoms with van der Waals surface area (Å²) in [6.07, 6.45) is 8.24. The molecule has 1 saturated carbocycles. The summed E-state index contributed by atoms with van der Waals surface area (Å²) in [5, 5.41) is 8.32. The van der Waals surface area contributed by atoms with Crippen molar-refractivity contribution in [3.63, 3.8) is 0 Å². The van der Waals surface area contributed by atoms with Gasteiger partial charge in [0, 0.05) is 42.6 Å². The monoisotopic (exact) mass is 470 g/mol. The topological polar surface area (TPSA) is 136 Å². The number of cyclic esters (lactones) is 1. The molecule has 2 unspecified atom stereocenters. The highest BCUT2D eigenvalue weighted by Gasteiger charge is 2.29. The van der Waals surface area contributed by atoms with Gasteiger partial charge in [0.1, 0.15) is 12.2 Å². The number of aromatic nitrogens is 1. The van der Waals surface area contributed by atoms with Gasteiger partial charge in [-0.25, -0.2) is 4.79 Å². The van der Waals surface area contributed by atoms with Gasteiger partial charge in [0.15, 0.2) is 0 Å². The average molecular weight is 471 g/mol. The van der Waals surface area contributed by atoms with Gasteiger partial charge in [-0.3, -0.25) is 19.2 Å². The number of esters is 1. The maximum Gasteiger partial charge on any atom is 0.333 e. The van der Waals surface area contributed by atoms with Gasteiger partial charge in [-0.05, 0) is 37.8 Å². The molecule has 10 nitrogen and oxygen atoms in total. The molecule has 1 aliphatic carbocycles. The summed E-state index contributed by atoms with van der Waals surface area (Å²) in [6, 6.07) is 2.58. The predicted molar refractivity (Wildman–Crippen MR) is 123 cm³/mol. The zero-order chi connectivity index (χ0) is 24.1. The van der Waals surface area contributed by atoms with Crippen LogP contribution in [0.5, 0.6) is 0 Å². The fourth-order valence-corrected chi connectivity index (χ4v) is 4.77. The Balaban J connectivity index is 1.43. The van der Waals surface area contributed by atoms with Crippen LogP contribution >= 0.6 is 0 Å². The first-order chi connectivity index (χ1) is 16.4. The lowest BCUT2D eigenvalue weighted by Crippen LogP contribution is -2.40. The maximum atomic E-state index is 12.8. The van der Waals surface area contributed by atoms with Gasteiger partial charge >= 0.3 is 5.97 Å². The summed E-state index contributed by atoms with van der Waals surface area (Å²) in [4.78, 5) is 62.0. The highest BCUT2D eigenvalue weighted by Crippen LogP contribution is 2.25. The molecule has 4 rings (SSSR count). The quantitative estimate of drug-likeness (QED) is 0.381. The third-order valence-corrected chi connectivity index (χ3v) is 6.63. The standard InChI is InChI=1S/C24H30N4O6/c29-20(14-28-10-3-6-19(23(28)32)27-22(31)15-4-1-2-5-15)26-18(12-16-7-9-25-21(16)30)13-17-8-11-34-24(17)33/h3,6,10,13,15-16,18H,1-2,4-5,7-9,11-12,14H2,(H,25,30)(H,26,29)(H,27,31)/b17-13+. The van der Waals surface area contributed by atoms with E-state index in [9.17, 15) is 24.0 Å². The molecule has 0 radical (unpaired) electrons. The molecule has 3 heterocycles. The highest BCUT2D eigenvalue weighted by atomic mass is 16.5. The second-order valence-corrected chi connectivity index (χ2v) is 9.09. The van der Waals surface area contributed by atoms with Gasteiger partial charge in [0.05, 0.1) is 6.61 Å². The number of nitrogens with one attached hydrogen (secondary N) is 3. The van der Waals surface area contributed by atoms with Crippen LogP contribution in [0.4, 0.5) is 5.69 Å². The van der Waals surface area contributed by atoms with E-state index in [0.717, 1.165) is 25.7 Å². The van der Waals surface area contributed by atoms with E-state index in [4.69, 9.17) is 4.74 Å². The number of hydrogen-bond donors (Lipinski definition) is 3. The van der Waals surface area contributed by atoms with Gasteiger partial charge in [-0.1, -0.05) is 18.9 Å².